The van der Waals surface area contributed by atoms with Crippen molar-refractivity contribution < 1.29 is 41.3 Å². The average molecular weight is 232 g/mol. The van der Waals surface area contributed by atoms with Crippen molar-refractivity contribution in [2.24, 2.45) is 0 Å². The van der Waals surface area contributed by atoms with E-state index < -0.39 is 16.8 Å². The summed E-state index contributed by atoms with van der Waals surface area (Å²) in [6.45, 7) is 3.21. The number of hydrogen-bond acceptors (Lipinski definition) is 4. The van der Waals surface area contributed by atoms with Crippen molar-refractivity contribution in [1.82, 2.24) is 0 Å². The van der Waals surface area contributed by atoms with E-state index in [2.05, 4.69) is 0 Å². The molecule has 0 aromatic heterocycles. The summed E-state index contributed by atoms with van der Waals surface area (Å²) in [5, 5.41) is 0. The minimum absolute atomic E-state index is 0. The Morgan fingerprint density at radius 1 is 0.818 bits per heavy atom. The summed E-state index contributed by atoms with van der Waals surface area (Å²) in [5.74, 6) is 0. The molecule has 0 saturated carbocycles. The molecule has 11 heavy (non-hydrogen) atoms. The molecular formula is C4H10O4P2Ti. The molecule has 0 aromatic rings. The molecule has 0 aliphatic carbocycles. The Morgan fingerprint density at radius 2 is 0.909 bits per heavy atom. The Labute approximate surface area is 84.4 Å². The van der Waals surface area contributed by atoms with Gasteiger partial charge in [0.05, 0.1) is 0 Å². The van der Waals surface area contributed by atoms with Crippen molar-refractivity contribution in [2.75, 3.05) is 12.3 Å². The van der Waals surface area contributed by atoms with Gasteiger partial charge in [-0.2, -0.15) is 0 Å². The largest absolute Gasteiger partial charge is 4.00 e. The maximum absolute atomic E-state index is 9.41. The number of hydrogen-bond donors (Lipinski definition) is 0. The predicted molar refractivity (Wildman–Crippen MR) is 34.9 cm³/mol. The van der Waals surface area contributed by atoms with Gasteiger partial charge in [0.25, 0.3) is 0 Å². The molecule has 0 bridgehead atoms. The SMILES string of the molecule is CCP([O-])[O-].CCP([O-])[O-].[Ti+4]. The van der Waals surface area contributed by atoms with Crippen molar-refractivity contribution in [3.63, 3.8) is 0 Å². The Morgan fingerprint density at radius 3 is 0.909 bits per heavy atom. The molecule has 0 aromatic carbocycles. The van der Waals surface area contributed by atoms with E-state index in [0.29, 0.717) is 0 Å². The molecular weight excluding hydrogens is 222 g/mol. The summed E-state index contributed by atoms with van der Waals surface area (Å²) in [5.41, 5.74) is 0. The van der Waals surface area contributed by atoms with Gasteiger partial charge in [-0.05, 0) is 0 Å². The third-order valence-electron chi connectivity index (χ3n) is 0.516. The zero-order chi connectivity index (χ0) is 8.57. The minimum atomic E-state index is -2.10. The molecule has 0 spiro atoms. The second-order valence-electron chi connectivity index (χ2n) is 1.30. The topological polar surface area (TPSA) is 92.2 Å². The van der Waals surface area contributed by atoms with E-state index in [0.717, 1.165) is 0 Å². The Bertz CT molecular complexity index is 56.1. The normalized spacial score (nSPS) is 8.73. The zero-order valence-electron chi connectivity index (χ0n) is 6.44. The average Bonchev–Trinajstić information content (AvgIpc) is 1.89. The van der Waals surface area contributed by atoms with Crippen molar-refractivity contribution in [3.8, 4) is 0 Å². The fourth-order valence-corrected chi connectivity index (χ4v) is 0. The molecule has 0 N–H and O–H groups in total. The smallest absolute Gasteiger partial charge is 0.842 e. The van der Waals surface area contributed by atoms with Crippen molar-refractivity contribution in [1.29, 1.82) is 0 Å². The molecule has 0 radical (unpaired) electrons. The van der Waals surface area contributed by atoms with Gasteiger partial charge in [-0.15, -0.1) is 0 Å². The Kier molecular flexibility index (Phi) is 23.2. The van der Waals surface area contributed by atoms with E-state index in [9.17, 15) is 19.6 Å². The monoisotopic (exact) mass is 232 g/mol. The maximum atomic E-state index is 9.41. The van der Waals surface area contributed by atoms with Crippen LogP contribution in [0.2, 0.25) is 0 Å². The molecule has 4 nitrogen and oxygen atoms in total. The first-order valence-corrected chi connectivity index (χ1v) is 5.50. The standard InChI is InChI=1S/2C2H5O2P.Ti/c2*1-2-5(3)4;/h2*2H2,1H3;/q2*-2;+4. The second-order valence-corrected chi connectivity index (χ2v) is 3.89. The van der Waals surface area contributed by atoms with Crippen molar-refractivity contribution >= 4 is 16.8 Å². The van der Waals surface area contributed by atoms with Crippen LogP contribution in [0.15, 0.2) is 0 Å². The van der Waals surface area contributed by atoms with Gasteiger partial charge < -0.3 is 36.3 Å². The summed E-state index contributed by atoms with van der Waals surface area (Å²) in [6, 6.07) is 0. The van der Waals surface area contributed by atoms with E-state index in [1.54, 1.807) is 13.8 Å². The predicted octanol–water partition coefficient (Wildman–Crippen LogP) is -1.92. The second kappa shape index (κ2) is 14.0. The first kappa shape index (κ1) is 18.2. The molecule has 0 amide bonds. The molecule has 0 aliphatic heterocycles. The van der Waals surface area contributed by atoms with Gasteiger partial charge in [0.15, 0.2) is 0 Å². The molecule has 0 heterocycles. The van der Waals surface area contributed by atoms with E-state index in [1.165, 1.54) is 0 Å². The van der Waals surface area contributed by atoms with Gasteiger partial charge in [-0.3, -0.25) is 0 Å². The van der Waals surface area contributed by atoms with Gasteiger partial charge in [-0.1, -0.05) is 26.2 Å². The molecule has 0 saturated heterocycles. The molecule has 7 heteroatoms. The Balaban J connectivity index is -0.000000107. The van der Waals surface area contributed by atoms with Crippen LogP contribution in [0.3, 0.4) is 0 Å². The van der Waals surface area contributed by atoms with Crippen LogP contribution in [0.4, 0.5) is 0 Å². The van der Waals surface area contributed by atoms with Gasteiger partial charge in [-0.25, -0.2) is 0 Å². The van der Waals surface area contributed by atoms with Crippen LogP contribution in [0.1, 0.15) is 13.8 Å². The first-order chi connectivity index (χ1) is 4.54. The van der Waals surface area contributed by atoms with Crippen LogP contribution in [-0.4, -0.2) is 12.3 Å². The molecule has 0 atom stereocenters. The fraction of sp³-hybridized carbons (Fsp3) is 1.00. The fourth-order valence-electron chi connectivity index (χ4n) is 0. The maximum Gasteiger partial charge on any atom is 4.00 e. The first-order valence-electron chi connectivity index (χ1n) is 2.78. The van der Waals surface area contributed by atoms with Crippen LogP contribution in [0, 0.1) is 0 Å². The third-order valence-corrected chi connectivity index (χ3v) is 1.55. The summed E-state index contributed by atoms with van der Waals surface area (Å²) in [4.78, 5) is 37.6. The van der Waals surface area contributed by atoms with Crippen LogP contribution in [0.25, 0.3) is 0 Å². The van der Waals surface area contributed by atoms with Crippen LogP contribution < -0.4 is 19.6 Å². The van der Waals surface area contributed by atoms with Gasteiger partial charge in [0.1, 0.15) is 0 Å². The van der Waals surface area contributed by atoms with Gasteiger partial charge in [0.2, 0.25) is 0 Å². The van der Waals surface area contributed by atoms with Gasteiger partial charge in [0, 0.05) is 0 Å². The quantitative estimate of drug-likeness (QED) is 0.409. The van der Waals surface area contributed by atoms with E-state index in [4.69, 9.17) is 0 Å². The summed E-state index contributed by atoms with van der Waals surface area (Å²) >= 11 is 0. The zero-order valence-corrected chi connectivity index (χ0v) is 9.79. The summed E-state index contributed by atoms with van der Waals surface area (Å²) in [6.07, 6.45) is 0.519. The molecule has 0 fully saturated rings. The van der Waals surface area contributed by atoms with Crippen LogP contribution >= 0.6 is 16.8 Å². The van der Waals surface area contributed by atoms with E-state index in [1.807, 2.05) is 0 Å². The Hall–Kier alpha value is 1.41. The third kappa shape index (κ3) is 34.5. The van der Waals surface area contributed by atoms with Crippen molar-refractivity contribution in [3.05, 3.63) is 0 Å². The molecule has 0 unspecified atom stereocenters. The molecule has 64 valence electrons. The summed E-state index contributed by atoms with van der Waals surface area (Å²) < 4.78 is 0. The van der Waals surface area contributed by atoms with Gasteiger partial charge >= 0.3 is 21.7 Å². The minimum Gasteiger partial charge on any atom is -0.842 e. The van der Waals surface area contributed by atoms with Crippen LogP contribution in [0.5, 0.6) is 0 Å². The molecule has 0 rings (SSSR count). The van der Waals surface area contributed by atoms with Crippen molar-refractivity contribution in [2.45, 2.75) is 13.8 Å². The van der Waals surface area contributed by atoms with E-state index in [-0.39, 0.29) is 34.0 Å². The van der Waals surface area contributed by atoms with Crippen LogP contribution in [-0.2, 0) is 21.7 Å². The summed E-state index contributed by atoms with van der Waals surface area (Å²) in [7, 11) is -4.20. The van der Waals surface area contributed by atoms with E-state index >= 15 is 0 Å². The number of rotatable bonds is 2. The molecule has 0 aliphatic rings.